The van der Waals surface area contributed by atoms with Gasteiger partial charge in [0, 0.05) is 11.1 Å². The van der Waals surface area contributed by atoms with Crippen molar-refractivity contribution in [2.45, 2.75) is 25.9 Å². The highest BCUT2D eigenvalue weighted by atomic mass is 32.1. The summed E-state index contributed by atoms with van der Waals surface area (Å²) in [6, 6.07) is 7.81. The molecule has 3 aromatic rings. The molecule has 1 N–H and O–H groups in total. The molecule has 2 aromatic heterocycles. The molecule has 154 valence electrons. The van der Waals surface area contributed by atoms with Gasteiger partial charge in [0.1, 0.15) is 18.6 Å². The Hall–Kier alpha value is -2.72. The molecule has 0 unspecified atom stereocenters. The molecule has 1 amide bonds. The van der Waals surface area contributed by atoms with Gasteiger partial charge in [0.25, 0.3) is 5.91 Å². The number of furan rings is 1. The summed E-state index contributed by atoms with van der Waals surface area (Å²) in [6.07, 6.45) is -2.49. The van der Waals surface area contributed by atoms with E-state index >= 15 is 0 Å². The van der Waals surface area contributed by atoms with E-state index in [1.807, 2.05) is 12.3 Å². The van der Waals surface area contributed by atoms with Crippen LogP contribution in [0.1, 0.15) is 20.9 Å². The number of halogens is 4. The van der Waals surface area contributed by atoms with Crippen LogP contribution in [0.15, 0.2) is 46.4 Å². The Kier molecular flexibility index (Phi) is 6.33. The summed E-state index contributed by atoms with van der Waals surface area (Å²) < 4.78 is 60.1. The Morgan fingerprint density at radius 1 is 1.34 bits per heavy atom. The van der Waals surface area contributed by atoms with Gasteiger partial charge in [-0.15, -0.1) is 11.3 Å². The van der Waals surface area contributed by atoms with Crippen molar-refractivity contribution in [1.29, 1.82) is 0 Å². The van der Waals surface area contributed by atoms with Crippen LogP contribution in [0.3, 0.4) is 0 Å². The first-order valence-electron chi connectivity index (χ1n) is 8.39. The maximum absolute atomic E-state index is 12.9. The zero-order valence-electron chi connectivity index (χ0n) is 15.1. The van der Waals surface area contributed by atoms with E-state index in [9.17, 15) is 22.4 Å². The maximum Gasteiger partial charge on any atom is 0.330 e. The number of rotatable bonds is 8. The Balaban J connectivity index is 1.60. The molecule has 0 aliphatic heterocycles. The molecule has 0 aliphatic carbocycles. The van der Waals surface area contributed by atoms with E-state index in [-0.39, 0.29) is 12.2 Å². The molecule has 0 saturated carbocycles. The average Bonchev–Trinajstić information content (AvgIpc) is 3.31. The molecule has 0 saturated heterocycles. The first kappa shape index (κ1) is 21.0. The fourth-order valence-corrected chi connectivity index (χ4v) is 2.98. The number of nitrogens with one attached hydrogen (secondary N) is 1. The van der Waals surface area contributed by atoms with E-state index in [1.165, 1.54) is 23.7 Å². The molecule has 0 radical (unpaired) electrons. The van der Waals surface area contributed by atoms with Crippen LogP contribution in [0.4, 0.5) is 23.2 Å². The number of benzene rings is 1. The molecule has 2 heterocycles. The van der Waals surface area contributed by atoms with Gasteiger partial charge in [-0.05, 0) is 30.7 Å². The topological polar surface area (TPSA) is 64.4 Å². The summed E-state index contributed by atoms with van der Waals surface area (Å²) in [5, 5.41) is 5.34. The van der Waals surface area contributed by atoms with Crippen LogP contribution in [0.5, 0.6) is 0 Å². The number of nitrogens with zero attached hydrogens (tertiary/aromatic N) is 1. The second-order valence-corrected chi connectivity index (χ2v) is 7.22. The van der Waals surface area contributed by atoms with Crippen LogP contribution in [0.25, 0.3) is 11.5 Å². The van der Waals surface area contributed by atoms with E-state index < -0.39 is 24.9 Å². The van der Waals surface area contributed by atoms with Crippen LogP contribution >= 0.6 is 11.3 Å². The molecule has 1 aromatic carbocycles. The molecular weight excluding hydrogens is 412 g/mol. The monoisotopic (exact) mass is 428 g/mol. The molecule has 0 aliphatic rings. The number of ether oxygens (including phenoxy) is 1. The SMILES string of the molecule is Cc1nc(-c2cc(C(=O)Nc3cccc(COCC(F)(F)C(F)F)c3)co2)cs1. The molecule has 10 heteroatoms. The lowest BCUT2D eigenvalue weighted by molar-refractivity contribution is -0.168. The molecular formula is C19H16F4N2O3S. The summed E-state index contributed by atoms with van der Waals surface area (Å²) in [5.74, 6) is -4.18. The van der Waals surface area contributed by atoms with Crippen molar-refractivity contribution < 1.29 is 31.5 Å². The number of aryl methyl sites for hydroxylation is 1. The third-order valence-corrected chi connectivity index (χ3v) is 4.57. The predicted octanol–water partition coefficient (Wildman–Crippen LogP) is 5.38. The molecule has 0 spiro atoms. The van der Waals surface area contributed by atoms with Gasteiger partial charge in [0.2, 0.25) is 0 Å². The van der Waals surface area contributed by atoms with Crippen molar-refractivity contribution in [2.75, 3.05) is 11.9 Å². The molecule has 5 nitrogen and oxygen atoms in total. The van der Waals surface area contributed by atoms with Crippen LogP contribution in [0, 0.1) is 6.92 Å². The van der Waals surface area contributed by atoms with Gasteiger partial charge in [-0.25, -0.2) is 13.8 Å². The second-order valence-electron chi connectivity index (χ2n) is 6.16. The highest BCUT2D eigenvalue weighted by molar-refractivity contribution is 7.09. The average molecular weight is 428 g/mol. The lowest BCUT2D eigenvalue weighted by Crippen LogP contribution is -2.32. The number of alkyl halides is 4. The lowest BCUT2D eigenvalue weighted by Gasteiger charge is -2.15. The first-order chi connectivity index (χ1) is 13.7. The normalized spacial score (nSPS) is 11.8. The Morgan fingerprint density at radius 2 is 2.14 bits per heavy atom. The standard InChI is InChI=1S/C19H16F4N2O3S/c1-11-24-15(9-29-11)16-6-13(8-28-16)17(26)25-14-4-2-3-12(5-14)7-27-10-19(22,23)18(20)21/h2-6,8-9,18H,7,10H2,1H3,(H,25,26). The van der Waals surface area contributed by atoms with Crippen LogP contribution in [-0.2, 0) is 11.3 Å². The number of hydrogen-bond acceptors (Lipinski definition) is 5. The number of aromatic nitrogens is 1. The summed E-state index contributed by atoms with van der Waals surface area (Å²) >= 11 is 1.46. The van der Waals surface area contributed by atoms with Crippen molar-refractivity contribution in [1.82, 2.24) is 4.98 Å². The van der Waals surface area contributed by atoms with Gasteiger partial charge < -0.3 is 14.5 Å². The third kappa shape index (κ3) is 5.42. The molecule has 3 rings (SSSR count). The summed E-state index contributed by atoms with van der Waals surface area (Å²) in [4.78, 5) is 16.7. The predicted molar refractivity (Wildman–Crippen MR) is 99.6 cm³/mol. The number of carbonyl (C=O) groups is 1. The van der Waals surface area contributed by atoms with Crippen LogP contribution < -0.4 is 5.32 Å². The van der Waals surface area contributed by atoms with Crippen molar-refractivity contribution in [3.63, 3.8) is 0 Å². The highest BCUT2D eigenvalue weighted by Gasteiger charge is 2.40. The van der Waals surface area contributed by atoms with Gasteiger partial charge in [0.15, 0.2) is 5.76 Å². The van der Waals surface area contributed by atoms with Crippen LogP contribution in [-0.4, -0.2) is 29.8 Å². The largest absolute Gasteiger partial charge is 0.462 e. The molecule has 29 heavy (non-hydrogen) atoms. The number of anilines is 1. The van der Waals surface area contributed by atoms with E-state index in [1.54, 1.807) is 24.3 Å². The lowest BCUT2D eigenvalue weighted by atomic mass is 10.2. The highest BCUT2D eigenvalue weighted by Crippen LogP contribution is 2.25. The second kappa shape index (κ2) is 8.75. The fraction of sp³-hybridized carbons (Fsp3) is 0.263. The minimum atomic E-state index is -4.21. The Morgan fingerprint density at radius 3 is 2.83 bits per heavy atom. The van der Waals surface area contributed by atoms with Gasteiger partial charge in [-0.2, -0.15) is 8.78 Å². The Bertz CT molecular complexity index is 987. The van der Waals surface area contributed by atoms with E-state index in [0.29, 0.717) is 22.7 Å². The van der Waals surface area contributed by atoms with E-state index in [4.69, 9.17) is 4.42 Å². The number of amides is 1. The van der Waals surface area contributed by atoms with Crippen LogP contribution in [0.2, 0.25) is 0 Å². The minimum absolute atomic E-state index is 0.281. The smallest absolute Gasteiger partial charge is 0.330 e. The summed E-state index contributed by atoms with van der Waals surface area (Å²) in [5.41, 5.74) is 1.75. The van der Waals surface area contributed by atoms with Crippen molar-refractivity contribution in [3.05, 3.63) is 58.1 Å². The number of carbonyl (C=O) groups excluding carboxylic acids is 1. The summed E-state index contributed by atoms with van der Waals surface area (Å²) in [7, 11) is 0. The molecule has 0 fully saturated rings. The fourth-order valence-electron chi connectivity index (χ4n) is 2.38. The van der Waals surface area contributed by atoms with Gasteiger partial charge in [0.05, 0.1) is 17.2 Å². The number of hydrogen-bond donors (Lipinski definition) is 1. The van der Waals surface area contributed by atoms with Gasteiger partial charge >= 0.3 is 12.3 Å². The van der Waals surface area contributed by atoms with Gasteiger partial charge in [-0.3, -0.25) is 4.79 Å². The van der Waals surface area contributed by atoms with Crippen molar-refractivity contribution >= 4 is 22.9 Å². The van der Waals surface area contributed by atoms with Gasteiger partial charge in [-0.1, -0.05) is 12.1 Å². The molecule has 0 atom stereocenters. The van der Waals surface area contributed by atoms with Crippen molar-refractivity contribution in [3.8, 4) is 11.5 Å². The zero-order valence-corrected chi connectivity index (χ0v) is 15.9. The summed E-state index contributed by atoms with van der Waals surface area (Å²) in [6.45, 7) is 0.163. The minimum Gasteiger partial charge on any atom is -0.462 e. The quantitative estimate of drug-likeness (QED) is 0.489. The van der Waals surface area contributed by atoms with Crippen molar-refractivity contribution in [2.24, 2.45) is 0 Å². The maximum atomic E-state index is 12.9. The van der Waals surface area contributed by atoms with E-state index in [2.05, 4.69) is 15.0 Å². The number of thiazole rings is 1. The molecule has 0 bridgehead atoms. The van der Waals surface area contributed by atoms with E-state index in [0.717, 1.165) is 5.01 Å². The Labute approximate surface area is 167 Å². The zero-order chi connectivity index (χ0) is 21.0. The third-order valence-electron chi connectivity index (χ3n) is 3.80. The first-order valence-corrected chi connectivity index (χ1v) is 9.27.